The number of carbonyl (C=O) groups excluding carboxylic acids is 2. The molecule has 0 aliphatic rings. The average molecular weight is 403 g/mol. The van der Waals surface area contributed by atoms with Gasteiger partial charge in [-0.15, -0.1) is 0 Å². The molecule has 1 aromatic carbocycles. The fraction of sp³-hybridized carbons (Fsp3) is 0.167. The molecular formula is C18H15BrN2O4. The zero-order valence-electron chi connectivity index (χ0n) is 13.9. The van der Waals surface area contributed by atoms with Gasteiger partial charge in [-0.1, -0.05) is 33.2 Å². The second kappa shape index (κ2) is 6.68. The van der Waals surface area contributed by atoms with Crippen molar-refractivity contribution in [2.24, 2.45) is 7.05 Å². The lowest BCUT2D eigenvalue weighted by Gasteiger charge is -2.01. The maximum Gasteiger partial charge on any atom is 0.354 e. The monoisotopic (exact) mass is 402 g/mol. The van der Waals surface area contributed by atoms with Gasteiger partial charge in [-0.3, -0.25) is 4.79 Å². The first-order valence-corrected chi connectivity index (χ1v) is 8.23. The molecule has 7 heteroatoms. The van der Waals surface area contributed by atoms with E-state index < -0.39 is 5.97 Å². The van der Waals surface area contributed by atoms with Crippen LogP contribution in [0.5, 0.6) is 0 Å². The van der Waals surface area contributed by atoms with E-state index in [4.69, 9.17) is 9.26 Å². The van der Waals surface area contributed by atoms with Gasteiger partial charge in [0.05, 0.1) is 12.7 Å². The first kappa shape index (κ1) is 17.2. The minimum absolute atomic E-state index is 0.262. The van der Waals surface area contributed by atoms with Crippen molar-refractivity contribution in [2.45, 2.75) is 6.92 Å². The number of aromatic nitrogens is 2. The van der Waals surface area contributed by atoms with E-state index in [9.17, 15) is 9.59 Å². The summed E-state index contributed by atoms with van der Waals surface area (Å²) < 4.78 is 12.5. The standard InChI is InChI=1S/C18H15BrN2O4/c1-10-15(16(20-25-10)11-4-6-13(19)7-5-11)17(22)12-8-14(18(23)24-3)21(2)9-12/h4-9H,1-3H3. The SMILES string of the molecule is COC(=O)c1cc(C(=O)c2c(-c3ccc(Br)cc3)noc2C)cn1C. The highest BCUT2D eigenvalue weighted by Gasteiger charge is 2.25. The molecule has 0 atom stereocenters. The van der Waals surface area contributed by atoms with Crippen molar-refractivity contribution in [3.8, 4) is 11.3 Å². The lowest BCUT2D eigenvalue weighted by Crippen LogP contribution is -2.06. The molecule has 3 aromatic rings. The van der Waals surface area contributed by atoms with E-state index in [0.29, 0.717) is 28.3 Å². The average Bonchev–Trinajstić information content (AvgIpc) is 3.17. The molecule has 0 spiro atoms. The molecule has 0 bridgehead atoms. The van der Waals surface area contributed by atoms with Gasteiger partial charge < -0.3 is 13.8 Å². The Hall–Kier alpha value is -2.67. The van der Waals surface area contributed by atoms with Crippen LogP contribution in [0, 0.1) is 6.92 Å². The Morgan fingerprint density at radius 3 is 2.56 bits per heavy atom. The number of rotatable bonds is 4. The van der Waals surface area contributed by atoms with Crippen molar-refractivity contribution in [2.75, 3.05) is 7.11 Å². The number of hydrogen-bond acceptors (Lipinski definition) is 5. The summed E-state index contributed by atoms with van der Waals surface area (Å²) in [6.07, 6.45) is 1.59. The van der Waals surface area contributed by atoms with E-state index in [1.165, 1.54) is 13.2 Å². The van der Waals surface area contributed by atoms with Crippen LogP contribution in [0.1, 0.15) is 32.2 Å². The van der Waals surface area contributed by atoms with Crippen molar-refractivity contribution in [1.82, 2.24) is 9.72 Å². The highest BCUT2D eigenvalue weighted by atomic mass is 79.9. The summed E-state index contributed by atoms with van der Waals surface area (Å²) in [5, 5.41) is 4.03. The fourth-order valence-electron chi connectivity index (χ4n) is 2.58. The highest BCUT2D eigenvalue weighted by molar-refractivity contribution is 9.10. The molecule has 0 radical (unpaired) electrons. The van der Waals surface area contributed by atoms with E-state index in [0.717, 1.165) is 10.0 Å². The van der Waals surface area contributed by atoms with Gasteiger partial charge in [-0.2, -0.15) is 0 Å². The third kappa shape index (κ3) is 3.15. The fourth-order valence-corrected chi connectivity index (χ4v) is 2.85. The molecule has 128 valence electrons. The summed E-state index contributed by atoms with van der Waals surface area (Å²) in [6, 6.07) is 8.94. The Labute approximate surface area is 152 Å². The molecule has 0 N–H and O–H groups in total. The largest absolute Gasteiger partial charge is 0.464 e. The lowest BCUT2D eigenvalue weighted by atomic mass is 10.00. The highest BCUT2D eigenvalue weighted by Crippen LogP contribution is 2.29. The summed E-state index contributed by atoms with van der Waals surface area (Å²) in [4.78, 5) is 24.7. The first-order valence-electron chi connectivity index (χ1n) is 7.44. The molecule has 0 aliphatic carbocycles. The van der Waals surface area contributed by atoms with E-state index in [1.54, 1.807) is 24.7 Å². The van der Waals surface area contributed by atoms with E-state index in [-0.39, 0.29) is 5.78 Å². The Morgan fingerprint density at radius 2 is 1.92 bits per heavy atom. The van der Waals surface area contributed by atoms with Crippen LogP contribution < -0.4 is 0 Å². The normalized spacial score (nSPS) is 10.7. The molecule has 2 heterocycles. The number of benzene rings is 1. The predicted octanol–water partition coefficient (Wildman–Crippen LogP) is 3.77. The topological polar surface area (TPSA) is 74.3 Å². The molecule has 0 fully saturated rings. The second-order valence-electron chi connectivity index (χ2n) is 5.51. The Morgan fingerprint density at radius 1 is 1.24 bits per heavy atom. The molecule has 0 saturated carbocycles. The van der Waals surface area contributed by atoms with Crippen LogP contribution in [-0.4, -0.2) is 28.6 Å². The Balaban J connectivity index is 2.05. The first-order chi connectivity index (χ1) is 11.9. The molecule has 6 nitrogen and oxygen atoms in total. The van der Waals surface area contributed by atoms with Crippen LogP contribution in [-0.2, 0) is 11.8 Å². The summed E-state index contributed by atoms with van der Waals surface area (Å²) >= 11 is 3.38. The van der Waals surface area contributed by atoms with E-state index in [2.05, 4.69) is 21.1 Å². The molecule has 25 heavy (non-hydrogen) atoms. The molecule has 0 amide bonds. The maximum atomic E-state index is 13.0. The maximum absolute atomic E-state index is 13.0. The minimum Gasteiger partial charge on any atom is -0.464 e. The van der Waals surface area contributed by atoms with E-state index in [1.807, 2.05) is 24.3 Å². The molecule has 0 unspecified atom stereocenters. The summed E-state index contributed by atoms with van der Waals surface area (Å²) in [6.45, 7) is 1.69. The molecule has 0 aliphatic heterocycles. The quantitative estimate of drug-likeness (QED) is 0.490. The van der Waals surface area contributed by atoms with Crippen LogP contribution >= 0.6 is 15.9 Å². The number of ketones is 1. The minimum atomic E-state index is -0.503. The van der Waals surface area contributed by atoms with Crippen LogP contribution in [0.3, 0.4) is 0 Å². The number of hydrogen-bond donors (Lipinski definition) is 0. The smallest absolute Gasteiger partial charge is 0.354 e. The molecular weight excluding hydrogens is 388 g/mol. The van der Waals surface area contributed by atoms with Crippen LogP contribution in [0.2, 0.25) is 0 Å². The predicted molar refractivity (Wildman–Crippen MR) is 94.6 cm³/mol. The van der Waals surface area contributed by atoms with Crippen molar-refractivity contribution in [1.29, 1.82) is 0 Å². The summed E-state index contributed by atoms with van der Waals surface area (Å²) in [7, 11) is 2.98. The number of nitrogens with zero attached hydrogens (tertiary/aromatic N) is 2. The Bertz CT molecular complexity index is 954. The van der Waals surface area contributed by atoms with Crippen LogP contribution in [0.25, 0.3) is 11.3 Å². The van der Waals surface area contributed by atoms with Gasteiger partial charge in [0.2, 0.25) is 0 Å². The van der Waals surface area contributed by atoms with Gasteiger partial charge in [0, 0.05) is 28.8 Å². The van der Waals surface area contributed by atoms with Crippen LogP contribution in [0.15, 0.2) is 45.5 Å². The molecule has 0 saturated heterocycles. The molecule has 3 rings (SSSR count). The number of esters is 1. The number of methoxy groups -OCH3 is 1. The zero-order valence-corrected chi connectivity index (χ0v) is 15.5. The number of ether oxygens (including phenoxy) is 1. The van der Waals surface area contributed by atoms with Gasteiger partial charge in [-0.25, -0.2) is 4.79 Å². The van der Waals surface area contributed by atoms with Crippen molar-refractivity contribution in [3.05, 3.63) is 63.6 Å². The lowest BCUT2D eigenvalue weighted by molar-refractivity contribution is 0.0590. The van der Waals surface area contributed by atoms with Crippen molar-refractivity contribution >= 4 is 27.7 Å². The summed E-state index contributed by atoms with van der Waals surface area (Å²) in [5.41, 5.74) is 2.29. The van der Waals surface area contributed by atoms with Crippen molar-refractivity contribution in [3.63, 3.8) is 0 Å². The number of carbonyl (C=O) groups is 2. The third-order valence-corrected chi connectivity index (χ3v) is 4.40. The van der Waals surface area contributed by atoms with Gasteiger partial charge in [0.25, 0.3) is 0 Å². The Kier molecular flexibility index (Phi) is 4.59. The van der Waals surface area contributed by atoms with Crippen LogP contribution in [0.4, 0.5) is 0 Å². The number of aryl methyl sites for hydroxylation is 2. The van der Waals surface area contributed by atoms with Gasteiger partial charge >= 0.3 is 5.97 Å². The van der Waals surface area contributed by atoms with Crippen molar-refractivity contribution < 1.29 is 18.8 Å². The second-order valence-corrected chi connectivity index (χ2v) is 6.43. The zero-order chi connectivity index (χ0) is 18.1. The van der Waals surface area contributed by atoms with E-state index >= 15 is 0 Å². The number of halogens is 1. The molecule has 2 aromatic heterocycles. The summed E-state index contributed by atoms with van der Waals surface area (Å²) in [5.74, 6) is -0.342. The third-order valence-electron chi connectivity index (χ3n) is 3.87. The van der Waals surface area contributed by atoms with Gasteiger partial charge in [0.1, 0.15) is 17.1 Å². The van der Waals surface area contributed by atoms with Gasteiger partial charge in [-0.05, 0) is 25.1 Å². The van der Waals surface area contributed by atoms with Gasteiger partial charge in [0.15, 0.2) is 5.78 Å².